The maximum atomic E-state index is 13.2. The van der Waals surface area contributed by atoms with Crippen LogP contribution in [-0.4, -0.2) is 52.6 Å². The number of sulfonamides is 1. The average Bonchev–Trinajstić information content (AvgIpc) is 2.88. The third-order valence-corrected chi connectivity index (χ3v) is 7.94. The summed E-state index contributed by atoms with van der Waals surface area (Å²) >= 11 is 0. The lowest BCUT2D eigenvalue weighted by molar-refractivity contribution is 0.0342. The van der Waals surface area contributed by atoms with E-state index in [1.54, 1.807) is 48.5 Å². The van der Waals surface area contributed by atoms with E-state index in [4.69, 9.17) is 4.74 Å². The van der Waals surface area contributed by atoms with Gasteiger partial charge in [-0.3, -0.25) is 14.0 Å². The molecule has 1 fully saturated rings. The Morgan fingerprint density at radius 2 is 1.57 bits per heavy atom. The Morgan fingerprint density at radius 1 is 0.943 bits per heavy atom. The first-order valence-corrected chi connectivity index (χ1v) is 13.1. The molecule has 184 valence electrons. The number of amides is 1. The minimum atomic E-state index is -3.81. The third-order valence-electron chi connectivity index (χ3n) is 6.15. The lowest BCUT2D eigenvalue weighted by Crippen LogP contribution is -2.35. The van der Waals surface area contributed by atoms with Crippen molar-refractivity contribution < 1.29 is 17.9 Å². The van der Waals surface area contributed by atoms with Gasteiger partial charge in [0.15, 0.2) is 0 Å². The maximum Gasteiger partial charge on any atom is 0.264 e. The van der Waals surface area contributed by atoms with Crippen molar-refractivity contribution in [3.05, 3.63) is 95.1 Å². The van der Waals surface area contributed by atoms with Gasteiger partial charge in [-0.05, 0) is 42.3 Å². The number of aryl methyl sites for hydroxylation is 1. The van der Waals surface area contributed by atoms with Crippen molar-refractivity contribution in [1.29, 1.82) is 0 Å². The standard InChI is InChI=1S/C27H31N3O4S/c1-21-7-13-24(14-8-21)35(32,33)29(2)26-6-4-3-5-25(26)27(31)28-19-22-9-11-23(12-10-22)20-30-15-17-34-18-16-30/h3-14H,15-20H2,1-2H3,(H,28,31). The molecule has 3 aromatic rings. The lowest BCUT2D eigenvalue weighted by Gasteiger charge is -2.26. The monoisotopic (exact) mass is 493 g/mol. The van der Waals surface area contributed by atoms with Crippen molar-refractivity contribution in [2.45, 2.75) is 24.9 Å². The van der Waals surface area contributed by atoms with Crippen LogP contribution in [0.5, 0.6) is 0 Å². The molecule has 1 N–H and O–H groups in total. The van der Waals surface area contributed by atoms with E-state index >= 15 is 0 Å². The van der Waals surface area contributed by atoms with Crippen LogP contribution in [0.25, 0.3) is 0 Å². The highest BCUT2D eigenvalue weighted by Crippen LogP contribution is 2.26. The number of rotatable bonds is 8. The van der Waals surface area contributed by atoms with Gasteiger partial charge in [0.25, 0.3) is 15.9 Å². The molecular formula is C27H31N3O4S. The van der Waals surface area contributed by atoms with Crippen LogP contribution in [-0.2, 0) is 27.8 Å². The summed E-state index contributed by atoms with van der Waals surface area (Å²) in [6.07, 6.45) is 0. The Balaban J connectivity index is 1.42. The van der Waals surface area contributed by atoms with E-state index in [0.29, 0.717) is 17.8 Å². The van der Waals surface area contributed by atoms with Crippen LogP contribution in [0.3, 0.4) is 0 Å². The zero-order chi connectivity index (χ0) is 24.8. The van der Waals surface area contributed by atoms with Gasteiger partial charge >= 0.3 is 0 Å². The van der Waals surface area contributed by atoms with E-state index in [9.17, 15) is 13.2 Å². The fraction of sp³-hybridized carbons (Fsp3) is 0.296. The number of para-hydroxylation sites is 1. The van der Waals surface area contributed by atoms with Gasteiger partial charge in [-0.2, -0.15) is 0 Å². The third kappa shape index (κ3) is 6.08. The molecule has 3 aromatic carbocycles. The molecule has 0 bridgehead atoms. The molecule has 1 heterocycles. The summed E-state index contributed by atoms with van der Waals surface area (Å²) in [6, 6.07) is 21.6. The minimum absolute atomic E-state index is 0.179. The Labute approximate surface area is 207 Å². The molecule has 0 aromatic heterocycles. The van der Waals surface area contributed by atoms with Crippen LogP contribution in [0.2, 0.25) is 0 Å². The number of anilines is 1. The van der Waals surface area contributed by atoms with E-state index < -0.39 is 10.0 Å². The molecule has 0 aliphatic carbocycles. The van der Waals surface area contributed by atoms with Gasteiger partial charge in [-0.25, -0.2) is 8.42 Å². The van der Waals surface area contributed by atoms with Crippen LogP contribution in [0.1, 0.15) is 27.0 Å². The van der Waals surface area contributed by atoms with E-state index in [-0.39, 0.29) is 10.8 Å². The lowest BCUT2D eigenvalue weighted by atomic mass is 10.1. The van der Waals surface area contributed by atoms with Crippen LogP contribution < -0.4 is 9.62 Å². The van der Waals surface area contributed by atoms with Gasteiger partial charge in [-0.1, -0.05) is 54.1 Å². The second-order valence-corrected chi connectivity index (χ2v) is 10.7. The molecule has 1 amide bonds. The molecular weight excluding hydrogens is 462 g/mol. The quantitative estimate of drug-likeness (QED) is 0.519. The fourth-order valence-corrected chi connectivity index (χ4v) is 5.21. The Hall–Kier alpha value is -3.20. The summed E-state index contributed by atoms with van der Waals surface area (Å²) in [6.45, 7) is 6.54. The van der Waals surface area contributed by atoms with Crippen molar-refractivity contribution in [2.24, 2.45) is 0 Å². The van der Waals surface area contributed by atoms with Crippen molar-refractivity contribution in [3.8, 4) is 0 Å². The fourth-order valence-electron chi connectivity index (χ4n) is 4.00. The second kappa shape index (κ2) is 11.0. The summed E-state index contributed by atoms with van der Waals surface area (Å²) in [5, 5.41) is 2.92. The summed E-state index contributed by atoms with van der Waals surface area (Å²) in [5.74, 6) is -0.330. The summed E-state index contributed by atoms with van der Waals surface area (Å²) in [5.41, 5.74) is 3.79. The van der Waals surface area contributed by atoms with Gasteiger partial charge in [0.05, 0.1) is 29.4 Å². The van der Waals surface area contributed by atoms with Gasteiger partial charge in [0.1, 0.15) is 0 Å². The molecule has 7 nitrogen and oxygen atoms in total. The topological polar surface area (TPSA) is 79.0 Å². The molecule has 1 saturated heterocycles. The molecule has 0 saturated carbocycles. The minimum Gasteiger partial charge on any atom is -0.379 e. The number of hydrogen-bond donors (Lipinski definition) is 1. The number of carbonyl (C=O) groups is 1. The van der Waals surface area contributed by atoms with Gasteiger partial charge in [0, 0.05) is 33.2 Å². The largest absolute Gasteiger partial charge is 0.379 e. The predicted molar refractivity (Wildman–Crippen MR) is 137 cm³/mol. The number of morpholine rings is 1. The first-order valence-electron chi connectivity index (χ1n) is 11.7. The van der Waals surface area contributed by atoms with Crippen molar-refractivity contribution in [2.75, 3.05) is 37.7 Å². The molecule has 4 rings (SSSR count). The van der Waals surface area contributed by atoms with E-state index in [0.717, 1.165) is 48.3 Å². The molecule has 0 radical (unpaired) electrons. The molecule has 1 aliphatic heterocycles. The van der Waals surface area contributed by atoms with Crippen molar-refractivity contribution >= 4 is 21.6 Å². The predicted octanol–water partition coefficient (Wildman–Crippen LogP) is 3.58. The summed E-state index contributed by atoms with van der Waals surface area (Å²) < 4.78 is 32.9. The molecule has 35 heavy (non-hydrogen) atoms. The van der Waals surface area contributed by atoms with E-state index in [1.807, 2.05) is 19.1 Å². The molecule has 0 atom stereocenters. The SMILES string of the molecule is Cc1ccc(S(=O)(=O)N(C)c2ccccc2C(=O)NCc2ccc(CN3CCOCC3)cc2)cc1. The Morgan fingerprint density at radius 3 is 2.26 bits per heavy atom. The highest BCUT2D eigenvalue weighted by atomic mass is 32.2. The Kier molecular flexibility index (Phi) is 7.85. The molecule has 8 heteroatoms. The maximum absolute atomic E-state index is 13.2. The highest BCUT2D eigenvalue weighted by Gasteiger charge is 2.25. The number of hydrogen-bond acceptors (Lipinski definition) is 5. The molecule has 0 spiro atoms. The first kappa shape index (κ1) is 24.9. The summed E-state index contributed by atoms with van der Waals surface area (Å²) in [7, 11) is -2.34. The van der Waals surface area contributed by atoms with Gasteiger partial charge in [0.2, 0.25) is 0 Å². The normalized spacial score (nSPS) is 14.5. The van der Waals surface area contributed by atoms with E-state index in [2.05, 4.69) is 22.3 Å². The zero-order valence-corrected chi connectivity index (χ0v) is 20.9. The zero-order valence-electron chi connectivity index (χ0n) is 20.1. The average molecular weight is 494 g/mol. The Bertz CT molecular complexity index is 1250. The summed E-state index contributed by atoms with van der Waals surface area (Å²) in [4.78, 5) is 15.6. The first-order chi connectivity index (χ1) is 16.8. The van der Waals surface area contributed by atoms with Crippen LogP contribution in [0.15, 0.2) is 77.7 Å². The second-order valence-electron chi connectivity index (χ2n) is 8.69. The smallest absolute Gasteiger partial charge is 0.264 e. The van der Waals surface area contributed by atoms with E-state index in [1.165, 1.54) is 12.6 Å². The number of nitrogens with one attached hydrogen (secondary N) is 1. The van der Waals surface area contributed by atoms with Gasteiger partial charge in [-0.15, -0.1) is 0 Å². The molecule has 1 aliphatic rings. The highest BCUT2D eigenvalue weighted by molar-refractivity contribution is 7.92. The van der Waals surface area contributed by atoms with Crippen molar-refractivity contribution in [3.63, 3.8) is 0 Å². The molecule has 0 unspecified atom stereocenters. The van der Waals surface area contributed by atoms with Gasteiger partial charge < -0.3 is 10.1 Å². The number of ether oxygens (including phenoxy) is 1. The van der Waals surface area contributed by atoms with Crippen molar-refractivity contribution in [1.82, 2.24) is 10.2 Å². The number of carbonyl (C=O) groups excluding carboxylic acids is 1. The number of benzene rings is 3. The number of nitrogens with zero attached hydrogens (tertiary/aromatic N) is 2. The van der Waals surface area contributed by atoms with Crippen LogP contribution in [0.4, 0.5) is 5.69 Å². The van der Waals surface area contributed by atoms with Crippen LogP contribution >= 0.6 is 0 Å². The van der Waals surface area contributed by atoms with Crippen LogP contribution in [0, 0.1) is 6.92 Å².